The van der Waals surface area contributed by atoms with Gasteiger partial charge in [-0.1, -0.05) is 19.3 Å². The summed E-state index contributed by atoms with van der Waals surface area (Å²) >= 11 is 0. The SMILES string of the molecule is CC(C)OCC(O)C1CCOC2(CCCCC2)C1. The average Bonchev–Trinajstić information content (AvgIpc) is 2.37. The molecule has 1 aliphatic carbocycles. The van der Waals surface area contributed by atoms with Gasteiger partial charge >= 0.3 is 0 Å². The molecule has 0 bridgehead atoms. The number of aliphatic hydroxyl groups is 1. The number of rotatable bonds is 4. The quantitative estimate of drug-likeness (QED) is 0.840. The van der Waals surface area contributed by atoms with Crippen molar-refractivity contribution in [2.45, 2.75) is 76.6 Å². The van der Waals surface area contributed by atoms with Crippen LogP contribution in [0.3, 0.4) is 0 Å². The highest BCUT2D eigenvalue weighted by Gasteiger charge is 2.40. The van der Waals surface area contributed by atoms with Crippen molar-refractivity contribution in [2.24, 2.45) is 5.92 Å². The Labute approximate surface area is 111 Å². The maximum Gasteiger partial charge on any atom is 0.0803 e. The first-order chi connectivity index (χ1) is 8.61. The minimum atomic E-state index is -0.324. The average molecular weight is 256 g/mol. The molecular weight excluding hydrogens is 228 g/mol. The molecule has 1 N–H and O–H groups in total. The number of hydrogen-bond donors (Lipinski definition) is 1. The Morgan fingerprint density at radius 2 is 2.00 bits per heavy atom. The molecule has 1 saturated heterocycles. The van der Waals surface area contributed by atoms with Gasteiger partial charge in [-0.05, 0) is 45.4 Å². The molecule has 0 aromatic heterocycles. The van der Waals surface area contributed by atoms with E-state index in [1.165, 1.54) is 32.1 Å². The monoisotopic (exact) mass is 256 g/mol. The number of aliphatic hydroxyl groups excluding tert-OH is 1. The molecule has 2 aliphatic rings. The van der Waals surface area contributed by atoms with Crippen LogP contribution >= 0.6 is 0 Å². The second-order valence-corrected chi connectivity index (χ2v) is 6.29. The zero-order valence-corrected chi connectivity index (χ0v) is 11.9. The van der Waals surface area contributed by atoms with E-state index in [1.807, 2.05) is 13.8 Å². The predicted molar refractivity (Wildman–Crippen MR) is 71.6 cm³/mol. The first kappa shape index (κ1) is 14.3. The van der Waals surface area contributed by atoms with E-state index in [2.05, 4.69) is 0 Å². The van der Waals surface area contributed by atoms with Crippen LogP contribution in [-0.2, 0) is 9.47 Å². The fourth-order valence-electron chi connectivity index (χ4n) is 3.37. The number of hydrogen-bond acceptors (Lipinski definition) is 3. The summed E-state index contributed by atoms with van der Waals surface area (Å²) in [6.07, 6.45) is 8.15. The Hall–Kier alpha value is -0.120. The normalized spacial score (nSPS) is 29.7. The van der Waals surface area contributed by atoms with Crippen molar-refractivity contribution in [1.82, 2.24) is 0 Å². The molecule has 3 heteroatoms. The Bertz CT molecular complexity index is 241. The second kappa shape index (κ2) is 6.36. The topological polar surface area (TPSA) is 38.7 Å². The molecule has 2 fully saturated rings. The molecule has 106 valence electrons. The van der Waals surface area contributed by atoms with Crippen molar-refractivity contribution in [3.8, 4) is 0 Å². The lowest BCUT2D eigenvalue weighted by molar-refractivity contribution is -0.141. The zero-order valence-electron chi connectivity index (χ0n) is 11.9. The molecule has 0 radical (unpaired) electrons. The summed E-state index contributed by atoms with van der Waals surface area (Å²) in [5, 5.41) is 10.3. The largest absolute Gasteiger partial charge is 0.390 e. The van der Waals surface area contributed by atoms with E-state index in [9.17, 15) is 5.11 Å². The lowest BCUT2D eigenvalue weighted by atomic mass is 9.74. The third-order valence-corrected chi connectivity index (χ3v) is 4.44. The van der Waals surface area contributed by atoms with Crippen LogP contribution in [0, 0.1) is 5.92 Å². The van der Waals surface area contributed by atoms with Crippen molar-refractivity contribution in [1.29, 1.82) is 0 Å². The summed E-state index contributed by atoms with van der Waals surface area (Å²) in [5.41, 5.74) is 0.0833. The van der Waals surface area contributed by atoms with E-state index in [-0.39, 0.29) is 17.8 Å². The van der Waals surface area contributed by atoms with Crippen molar-refractivity contribution in [2.75, 3.05) is 13.2 Å². The Morgan fingerprint density at radius 3 is 2.67 bits per heavy atom. The van der Waals surface area contributed by atoms with Gasteiger partial charge in [0.2, 0.25) is 0 Å². The van der Waals surface area contributed by atoms with Crippen molar-refractivity contribution >= 4 is 0 Å². The van der Waals surface area contributed by atoms with Crippen LogP contribution in [0.25, 0.3) is 0 Å². The van der Waals surface area contributed by atoms with Gasteiger partial charge < -0.3 is 14.6 Å². The molecule has 2 unspecified atom stereocenters. The molecule has 1 aliphatic heterocycles. The summed E-state index contributed by atoms with van der Waals surface area (Å²) in [6, 6.07) is 0. The molecular formula is C15H28O3. The molecule has 2 rings (SSSR count). The molecule has 1 heterocycles. The fourth-order valence-corrected chi connectivity index (χ4v) is 3.37. The molecule has 3 nitrogen and oxygen atoms in total. The summed E-state index contributed by atoms with van der Waals surface area (Å²) < 4.78 is 11.6. The Balaban J connectivity index is 1.85. The van der Waals surface area contributed by atoms with Gasteiger partial charge in [0.15, 0.2) is 0 Å². The molecule has 2 atom stereocenters. The molecule has 1 spiro atoms. The van der Waals surface area contributed by atoms with Crippen LogP contribution < -0.4 is 0 Å². The number of ether oxygens (including phenoxy) is 2. The van der Waals surface area contributed by atoms with Gasteiger partial charge in [-0.3, -0.25) is 0 Å². The van der Waals surface area contributed by atoms with Crippen LogP contribution in [0.5, 0.6) is 0 Å². The van der Waals surface area contributed by atoms with Gasteiger partial charge in [0.25, 0.3) is 0 Å². The third-order valence-electron chi connectivity index (χ3n) is 4.44. The second-order valence-electron chi connectivity index (χ2n) is 6.29. The molecule has 0 amide bonds. The van der Waals surface area contributed by atoms with Crippen LogP contribution in [0.1, 0.15) is 58.8 Å². The van der Waals surface area contributed by atoms with E-state index >= 15 is 0 Å². The third kappa shape index (κ3) is 3.69. The first-order valence-electron chi connectivity index (χ1n) is 7.55. The van der Waals surface area contributed by atoms with Crippen molar-refractivity contribution in [3.05, 3.63) is 0 Å². The predicted octanol–water partition coefficient (Wildman–Crippen LogP) is 2.90. The lowest BCUT2D eigenvalue weighted by Crippen LogP contribution is -2.45. The van der Waals surface area contributed by atoms with Gasteiger partial charge in [-0.15, -0.1) is 0 Å². The van der Waals surface area contributed by atoms with Crippen LogP contribution in [0.4, 0.5) is 0 Å². The standard InChI is InChI=1S/C15H28O3/c1-12(2)17-11-14(16)13-6-9-18-15(10-13)7-4-3-5-8-15/h12-14,16H,3-11H2,1-2H3. The van der Waals surface area contributed by atoms with Gasteiger partial charge in [0.1, 0.15) is 0 Å². The molecule has 1 saturated carbocycles. The maximum absolute atomic E-state index is 10.3. The van der Waals surface area contributed by atoms with E-state index in [0.717, 1.165) is 19.4 Å². The highest BCUT2D eigenvalue weighted by Crippen LogP contribution is 2.41. The van der Waals surface area contributed by atoms with Gasteiger partial charge in [0.05, 0.1) is 24.4 Å². The van der Waals surface area contributed by atoms with Gasteiger partial charge in [-0.25, -0.2) is 0 Å². The van der Waals surface area contributed by atoms with Crippen molar-refractivity contribution in [3.63, 3.8) is 0 Å². The maximum atomic E-state index is 10.3. The summed E-state index contributed by atoms with van der Waals surface area (Å²) in [7, 11) is 0. The molecule has 18 heavy (non-hydrogen) atoms. The minimum Gasteiger partial charge on any atom is -0.390 e. The van der Waals surface area contributed by atoms with E-state index in [4.69, 9.17) is 9.47 Å². The molecule has 0 aromatic rings. The highest BCUT2D eigenvalue weighted by molar-refractivity contribution is 4.91. The van der Waals surface area contributed by atoms with Crippen molar-refractivity contribution < 1.29 is 14.6 Å². The first-order valence-corrected chi connectivity index (χ1v) is 7.55. The van der Waals surface area contributed by atoms with E-state index < -0.39 is 0 Å². The van der Waals surface area contributed by atoms with Gasteiger partial charge in [0, 0.05) is 6.61 Å². The summed E-state index contributed by atoms with van der Waals surface area (Å²) in [5.74, 6) is 0.357. The van der Waals surface area contributed by atoms with E-state index in [1.54, 1.807) is 0 Å². The van der Waals surface area contributed by atoms with Crippen LogP contribution in [-0.4, -0.2) is 36.1 Å². The minimum absolute atomic E-state index is 0.0833. The fraction of sp³-hybridized carbons (Fsp3) is 1.00. The Kier molecular flexibility index (Phi) is 5.05. The highest BCUT2D eigenvalue weighted by atomic mass is 16.5. The zero-order chi connectivity index (χ0) is 13.0. The van der Waals surface area contributed by atoms with Crippen LogP contribution in [0.2, 0.25) is 0 Å². The lowest BCUT2D eigenvalue weighted by Gasteiger charge is -2.44. The summed E-state index contributed by atoms with van der Waals surface area (Å²) in [6.45, 7) is 5.31. The molecule has 0 aromatic carbocycles. The van der Waals surface area contributed by atoms with Gasteiger partial charge in [-0.2, -0.15) is 0 Å². The Morgan fingerprint density at radius 1 is 1.28 bits per heavy atom. The summed E-state index contributed by atoms with van der Waals surface area (Å²) in [4.78, 5) is 0. The smallest absolute Gasteiger partial charge is 0.0803 e. The van der Waals surface area contributed by atoms with Crippen LogP contribution in [0.15, 0.2) is 0 Å². The van der Waals surface area contributed by atoms with E-state index in [0.29, 0.717) is 12.5 Å².